The number of nitrogens with two attached hydrogens (primary N) is 1. The van der Waals surface area contributed by atoms with Crippen LogP contribution in [-0.2, 0) is 5.54 Å². The van der Waals surface area contributed by atoms with Crippen molar-refractivity contribution in [3.05, 3.63) is 29.8 Å². The zero-order valence-corrected chi connectivity index (χ0v) is 6.63. The van der Waals surface area contributed by atoms with E-state index in [2.05, 4.69) is 4.98 Å². The second-order valence-electron chi connectivity index (χ2n) is 3.08. The lowest BCUT2D eigenvalue weighted by atomic mass is 10.0. The van der Waals surface area contributed by atoms with Crippen LogP contribution in [0.1, 0.15) is 19.5 Å². The molecule has 0 saturated carbocycles. The topological polar surface area (TPSA) is 38.9 Å². The van der Waals surface area contributed by atoms with E-state index in [0.29, 0.717) is 5.69 Å². The molecule has 60 valence electrons. The number of halogens is 1. The minimum absolute atomic E-state index is 0.335. The number of nitrogens with zero attached hydrogens (tertiary/aromatic N) is 1. The molecule has 0 aliphatic carbocycles. The van der Waals surface area contributed by atoms with Crippen LogP contribution in [0.2, 0.25) is 0 Å². The van der Waals surface area contributed by atoms with Crippen molar-refractivity contribution in [2.24, 2.45) is 5.73 Å². The molecule has 0 bridgehead atoms. The number of aromatic nitrogens is 1. The smallest absolute Gasteiger partial charge is 0.141 e. The summed E-state index contributed by atoms with van der Waals surface area (Å²) >= 11 is 0. The Bertz CT molecular complexity index is 235. The summed E-state index contributed by atoms with van der Waals surface area (Å²) in [7, 11) is 0. The van der Waals surface area contributed by atoms with Crippen LogP contribution in [0.15, 0.2) is 18.3 Å². The predicted octanol–water partition coefficient (Wildman–Crippen LogP) is 1.41. The van der Waals surface area contributed by atoms with Crippen molar-refractivity contribution in [1.29, 1.82) is 0 Å². The van der Waals surface area contributed by atoms with Gasteiger partial charge < -0.3 is 5.73 Å². The number of hydrogen-bond acceptors (Lipinski definition) is 2. The molecule has 0 aromatic carbocycles. The molecular weight excluding hydrogens is 143 g/mol. The highest BCUT2D eigenvalue weighted by Crippen LogP contribution is 2.13. The first-order chi connectivity index (χ1) is 5.00. The normalized spacial score (nSPS) is 11.6. The molecule has 3 heteroatoms. The van der Waals surface area contributed by atoms with E-state index in [1.807, 2.05) is 13.8 Å². The Kier molecular flexibility index (Phi) is 1.91. The summed E-state index contributed by atoms with van der Waals surface area (Å²) in [6.07, 6.45) is 1.17. The standard InChI is InChI=1S/C8H11FN2/c1-8(2,10)7-4-3-6(9)5-11-7/h3-5H,10H2,1-2H3. The molecule has 0 unspecified atom stereocenters. The van der Waals surface area contributed by atoms with E-state index in [1.165, 1.54) is 12.3 Å². The minimum atomic E-state index is -0.492. The minimum Gasteiger partial charge on any atom is -0.321 e. The molecule has 11 heavy (non-hydrogen) atoms. The fourth-order valence-electron chi connectivity index (χ4n) is 0.757. The molecule has 0 aliphatic heterocycles. The molecule has 2 nitrogen and oxygen atoms in total. The third kappa shape index (κ3) is 1.98. The van der Waals surface area contributed by atoms with Gasteiger partial charge >= 0.3 is 0 Å². The third-order valence-corrected chi connectivity index (χ3v) is 1.39. The lowest BCUT2D eigenvalue weighted by molar-refractivity contribution is 0.528. The van der Waals surface area contributed by atoms with Gasteiger partial charge in [-0.05, 0) is 26.0 Å². The average Bonchev–Trinajstić information content (AvgIpc) is 1.86. The van der Waals surface area contributed by atoms with Crippen molar-refractivity contribution >= 4 is 0 Å². The van der Waals surface area contributed by atoms with Gasteiger partial charge in [0.1, 0.15) is 5.82 Å². The Hall–Kier alpha value is -0.960. The van der Waals surface area contributed by atoms with Crippen molar-refractivity contribution < 1.29 is 4.39 Å². The number of rotatable bonds is 1. The van der Waals surface area contributed by atoms with Crippen molar-refractivity contribution in [3.63, 3.8) is 0 Å². The maximum atomic E-state index is 12.4. The van der Waals surface area contributed by atoms with E-state index in [-0.39, 0.29) is 5.82 Å². The van der Waals surface area contributed by atoms with Crippen LogP contribution in [0.3, 0.4) is 0 Å². The summed E-state index contributed by atoms with van der Waals surface area (Å²) < 4.78 is 12.4. The fraction of sp³-hybridized carbons (Fsp3) is 0.375. The summed E-state index contributed by atoms with van der Waals surface area (Å²) in [5.41, 5.74) is 5.92. The molecule has 1 rings (SSSR count). The lowest BCUT2D eigenvalue weighted by Crippen LogP contribution is -2.29. The second-order valence-corrected chi connectivity index (χ2v) is 3.08. The van der Waals surface area contributed by atoms with Gasteiger partial charge in [0.2, 0.25) is 0 Å². The summed E-state index contributed by atoms with van der Waals surface area (Å²) in [6, 6.07) is 2.95. The molecule has 0 fully saturated rings. The monoisotopic (exact) mass is 154 g/mol. The van der Waals surface area contributed by atoms with Crippen LogP contribution in [0.5, 0.6) is 0 Å². The van der Waals surface area contributed by atoms with Crippen LogP contribution < -0.4 is 5.73 Å². The molecule has 0 radical (unpaired) electrons. The first-order valence-corrected chi connectivity index (χ1v) is 3.41. The van der Waals surface area contributed by atoms with Gasteiger partial charge in [-0.1, -0.05) is 0 Å². The van der Waals surface area contributed by atoms with Crippen LogP contribution in [-0.4, -0.2) is 4.98 Å². The van der Waals surface area contributed by atoms with E-state index < -0.39 is 5.54 Å². The van der Waals surface area contributed by atoms with Crippen molar-refractivity contribution in [2.75, 3.05) is 0 Å². The van der Waals surface area contributed by atoms with Crippen LogP contribution >= 0.6 is 0 Å². The number of pyridine rings is 1. The van der Waals surface area contributed by atoms with Crippen LogP contribution in [0.4, 0.5) is 4.39 Å². The van der Waals surface area contributed by atoms with Gasteiger partial charge in [0.05, 0.1) is 17.4 Å². The molecule has 0 atom stereocenters. The van der Waals surface area contributed by atoms with Gasteiger partial charge in [0.25, 0.3) is 0 Å². The maximum Gasteiger partial charge on any atom is 0.141 e. The van der Waals surface area contributed by atoms with E-state index in [4.69, 9.17) is 5.73 Å². The van der Waals surface area contributed by atoms with Gasteiger partial charge in [-0.3, -0.25) is 4.98 Å². The highest BCUT2D eigenvalue weighted by Gasteiger charge is 2.14. The largest absolute Gasteiger partial charge is 0.321 e. The molecule has 1 heterocycles. The van der Waals surface area contributed by atoms with E-state index >= 15 is 0 Å². The van der Waals surface area contributed by atoms with Gasteiger partial charge in [-0.25, -0.2) is 4.39 Å². The highest BCUT2D eigenvalue weighted by molar-refractivity contribution is 5.12. The molecular formula is C8H11FN2. The lowest BCUT2D eigenvalue weighted by Gasteiger charge is -2.16. The zero-order valence-electron chi connectivity index (χ0n) is 6.63. The SMILES string of the molecule is CC(C)(N)c1ccc(F)cn1. The first-order valence-electron chi connectivity index (χ1n) is 3.41. The Labute approximate surface area is 65.3 Å². The number of hydrogen-bond donors (Lipinski definition) is 1. The van der Waals surface area contributed by atoms with E-state index in [9.17, 15) is 4.39 Å². The average molecular weight is 154 g/mol. The predicted molar refractivity (Wildman–Crippen MR) is 41.4 cm³/mol. The van der Waals surface area contributed by atoms with E-state index in [1.54, 1.807) is 6.07 Å². The van der Waals surface area contributed by atoms with Gasteiger partial charge in [0.15, 0.2) is 0 Å². The molecule has 0 amide bonds. The summed E-state index contributed by atoms with van der Waals surface area (Å²) in [5, 5.41) is 0. The Balaban J connectivity index is 2.99. The molecule has 2 N–H and O–H groups in total. The Morgan fingerprint density at radius 3 is 2.45 bits per heavy atom. The second kappa shape index (κ2) is 2.58. The van der Waals surface area contributed by atoms with Crippen LogP contribution in [0, 0.1) is 5.82 Å². The van der Waals surface area contributed by atoms with Crippen molar-refractivity contribution in [1.82, 2.24) is 4.98 Å². The maximum absolute atomic E-state index is 12.4. The third-order valence-electron chi connectivity index (χ3n) is 1.39. The fourth-order valence-corrected chi connectivity index (χ4v) is 0.757. The molecule has 1 aromatic heterocycles. The zero-order chi connectivity index (χ0) is 8.48. The Morgan fingerprint density at radius 2 is 2.09 bits per heavy atom. The summed E-state index contributed by atoms with van der Waals surface area (Å²) in [4.78, 5) is 3.85. The van der Waals surface area contributed by atoms with Crippen LogP contribution in [0.25, 0.3) is 0 Å². The summed E-state index contributed by atoms with van der Waals surface area (Å²) in [6.45, 7) is 3.65. The van der Waals surface area contributed by atoms with Crippen molar-refractivity contribution in [3.8, 4) is 0 Å². The molecule has 0 aliphatic rings. The quantitative estimate of drug-likeness (QED) is 0.664. The van der Waals surface area contributed by atoms with Gasteiger partial charge in [-0.2, -0.15) is 0 Å². The van der Waals surface area contributed by atoms with E-state index in [0.717, 1.165) is 0 Å². The van der Waals surface area contributed by atoms with Crippen molar-refractivity contribution in [2.45, 2.75) is 19.4 Å². The molecule has 1 aromatic rings. The molecule has 0 spiro atoms. The van der Waals surface area contributed by atoms with Gasteiger partial charge in [-0.15, -0.1) is 0 Å². The first kappa shape index (κ1) is 8.14. The summed E-state index contributed by atoms with van der Waals surface area (Å²) in [5.74, 6) is -0.335. The van der Waals surface area contributed by atoms with Gasteiger partial charge in [0, 0.05) is 0 Å². The Morgan fingerprint density at radius 1 is 1.45 bits per heavy atom. The molecule has 0 saturated heterocycles. The highest BCUT2D eigenvalue weighted by atomic mass is 19.1.